The SMILES string of the molecule is CC(C)C[C@H](C)C[C@@H](C)[I-]F. The van der Waals surface area contributed by atoms with Crippen molar-refractivity contribution in [2.45, 2.75) is 44.5 Å². The average molecular weight is 273 g/mol. The van der Waals surface area contributed by atoms with Gasteiger partial charge in [-0.05, 0) is 0 Å². The van der Waals surface area contributed by atoms with Gasteiger partial charge in [0.25, 0.3) is 0 Å². The van der Waals surface area contributed by atoms with Crippen LogP contribution in [0.1, 0.15) is 40.5 Å². The molecule has 0 N–H and O–H groups in total. The van der Waals surface area contributed by atoms with Gasteiger partial charge in [0.05, 0.1) is 0 Å². The first-order chi connectivity index (χ1) is 5.06. The average Bonchev–Trinajstić information content (AvgIpc) is 1.85. The fraction of sp³-hybridized carbons (Fsp3) is 1.00. The number of alkyl halides is 1. The zero-order valence-electron chi connectivity index (χ0n) is 7.90. The standard InChI is InChI=1S/C9H19FI/c1-7(2)5-8(3)6-9(4)11-10/h7-9H,5-6H2,1-4H3/q-1/t8-,9+/m0/s1. The van der Waals surface area contributed by atoms with Crippen molar-refractivity contribution in [1.82, 2.24) is 0 Å². The first-order valence-corrected chi connectivity index (χ1v) is 6.36. The third kappa shape index (κ3) is 7.04. The molecule has 0 aliphatic rings. The molecular formula is C9H19FI-. The Labute approximate surface area is 81.0 Å². The Bertz CT molecular complexity index is 93.6. The van der Waals surface area contributed by atoms with E-state index in [0.29, 0.717) is 9.84 Å². The van der Waals surface area contributed by atoms with E-state index in [9.17, 15) is 2.86 Å². The van der Waals surface area contributed by atoms with Crippen molar-refractivity contribution in [3.8, 4) is 0 Å². The summed E-state index contributed by atoms with van der Waals surface area (Å²) in [6.45, 7) is 8.72. The Balaban J connectivity index is 3.43. The molecule has 0 unspecified atom stereocenters. The first kappa shape index (κ1) is 11.7. The van der Waals surface area contributed by atoms with Crippen LogP contribution >= 0.6 is 0 Å². The molecule has 0 aromatic heterocycles. The molecule has 0 aliphatic heterocycles. The van der Waals surface area contributed by atoms with Gasteiger partial charge in [-0.1, -0.05) is 0 Å². The molecule has 0 amide bonds. The van der Waals surface area contributed by atoms with Crippen LogP contribution in [0, 0.1) is 11.8 Å². The van der Waals surface area contributed by atoms with Gasteiger partial charge in [-0.2, -0.15) is 0 Å². The van der Waals surface area contributed by atoms with Crippen LogP contribution in [-0.2, 0) is 0 Å². The van der Waals surface area contributed by atoms with E-state index in [4.69, 9.17) is 0 Å². The third-order valence-corrected chi connectivity index (χ3v) is 3.05. The molecule has 0 radical (unpaired) electrons. The Morgan fingerprint density at radius 1 is 1.09 bits per heavy atom. The van der Waals surface area contributed by atoms with E-state index in [1.165, 1.54) is 6.42 Å². The van der Waals surface area contributed by atoms with Crippen molar-refractivity contribution in [1.29, 1.82) is 0 Å². The zero-order valence-corrected chi connectivity index (χ0v) is 10.1. The summed E-state index contributed by atoms with van der Waals surface area (Å²) in [5.41, 5.74) is 0. The fourth-order valence-electron chi connectivity index (χ4n) is 1.49. The van der Waals surface area contributed by atoms with Crippen molar-refractivity contribution >= 4 is 0 Å². The molecule has 0 spiro atoms. The monoisotopic (exact) mass is 273 g/mol. The predicted octanol–water partition coefficient (Wildman–Crippen LogP) is 0.421. The second-order valence-corrected chi connectivity index (χ2v) is 6.43. The third-order valence-electron chi connectivity index (χ3n) is 1.74. The van der Waals surface area contributed by atoms with Crippen LogP contribution in [0.5, 0.6) is 0 Å². The molecule has 0 fully saturated rings. The summed E-state index contributed by atoms with van der Waals surface area (Å²) in [7, 11) is 0. The normalized spacial score (nSPS) is 17.3. The minimum atomic E-state index is -1.01. The zero-order chi connectivity index (χ0) is 8.85. The molecule has 0 bridgehead atoms. The molecule has 2 atom stereocenters. The van der Waals surface area contributed by atoms with Crippen LogP contribution in [0.15, 0.2) is 0 Å². The maximum atomic E-state index is 12.2. The van der Waals surface area contributed by atoms with Crippen LogP contribution in [0.3, 0.4) is 0 Å². The van der Waals surface area contributed by atoms with E-state index in [0.717, 1.165) is 12.3 Å². The maximum absolute atomic E-state index is 12.2. The van der Waals surface area contributed by atoms with E-state index in [1.807, 2.05) is 6.92 Å². The number of halogens is 2. The molecular weight excluding hydrogens is 254 g/mol. The van der Waals surface area contributed by atoms with Crippen LogP contribution in [-0.4, -0.2) is 3.92 Å². The van der Waals surface area contributed by atoms with Crippen molar-refractivity contribution in [3.63, 3.8) is 0 Å². The van der Waals surface area contributed by atoms with Crippen LogP contribution in [0.25, 0.3) is 0 Å². The molecule has 0 aromatic carbocycles. The van der Waals surface area contributed by atoms with E-state index < -0.39 is 21.8 Å². The molecule has 2 heteroatoms. The first-order valence-electron chi connectivity index (χ1n) is 4.30. The summed E-state index contributed by atoms with van der Waals surface area (Å²) in [4.78, 5) is 0. The van der Waals surface area contributed by atoms with Crippen LogP contribution in [0.2, 0.25) is 0 Å². The summed E-state index contributed by atoms with van der Waals surface area (Å²) in [5.74, 6) is 1.47. The molecule has 0 nitrogen and oxygen atoms in total. The molecule has 0 rings (SSSR count). The van der Waals surface area contributed by atoms with E-state index in [1.54, 1.807) is 0 Å². The van der Waals surface area contributed by atoms with Gasteiger partial charge in [-0.3, -0.25) is 0 Å². The molecule has 0 heterocycles. The van der Waals surface area contributed by atoms with Gasteiger partial charge in [0.2, 0.25) is 0 Å². The van der Waals surface area contributed by atoms with Crippen molar-refractivity contribution in [2.75, 3.05) is 0 Å². The molecule has 0 saturated heterocycles. The quantitative estimate of drug-likeness (QED) is 0.503. The molecule has 70 valence electrons. The van der Waals surface area contributed by atoms with Crippen molar-refractivity contribution in [2.24, 2.45) is 11.8 Å². The summed E-state index contributed by atoms with van der Waals surface area (Å²) < 4.78 is 12.6. The molecule has 11 heavy (non-hydrogen) atoms. The van der Waals surface area contributed by atoms with Gasteiger partial charge >= 0.3 is 80.9 Å². The summed E-state index contributed by atoms with van der Waals surface area (Å²) in [6.07, 6.45) is 2.33. The van der Waals surface area contributed by atoms with Crippen molar-refractivity contribution < 1.29 is 24.6 Å². The van der Waals surface area contributed by atoms with E-state index in [-0.39, 0.29) is 0 Å². The summed E-state index contributed by atoms with van der Waals surface area (Å²) >= 11 is -1.01. The Morgan fingerprint density at radius 3 is 2.00 bits per heavy atom. The molecule has 0 aliphatic carbocycles. The van der Waals surface area contributed by atoms with Gasteiger partial charge in [0, 0.05) is 0 Å². The number of hydrogen-bond acceptors (Lipinski definition) is 0. The fourth-order valence-corrected chi connectivity index (χ4v) is 2.55. The Hall–Kier alpha value is 0.660. The van der Waals surface area contributed by atoms with Gasteiger partial charge in [0.15, 0.2) is 0 Å². The van der Waals surface area contributed by atoms with E-state index >= 15 is 0 Å². The van der Waals surface area contributed by atoms with Crippen LogP contribution < -0.4 is 21.8 Å². The van der Waals surface area contributed by atoms with Gasteiger partial charge < -0.3 is 0 Å². The van der Waals surface area contributed by atoms with Crippen molar-refractivity contribution in [3.05, 3.63) is 0 Å². The topological polar surface area (TPSA) is 0 Å². The minimum absolute atomic E-state index is 0.363. The predicted molar refractivity (Wildman–Crippen MR) is 43.8 cm³/mol. The summed E-state index contributed by atoms with van der Waals surface area (Å²) in [5, 5.41) is 0. The second-order valence-electron chi connectivity index (χ2n) is 3.83. The molecule has 0 saturated carbocycles. The number of rotatable bonds is 5. The van der Waals surface area contributed by atoms with E-state index in [2.05, 4.69) is 20.8 Å². The van der Waals surface area contributed by atoms with Gasteiger partial charge in [-0.15, -0.1) is 0 Å². The Kier molecular flexibility index (Phi) is 6.58. The Morgan fingerprint density at radius 2 is 1.64 bits per heavy atom. The van der Waals surface area contributed by atoms with Gasteiger partial charge in [-0.25, -0.2) is 0 Å². The number of hydrogen-bond donors (Lipinski definition) is 0. The summed E-state index contributed by atoms with van der Waals surface area (Å²) in [6, 6.07) is 0. The van der Waals surface area contributed by atoms with Gasteiger partial charge in [0.1, 0.15) is 0 Å². The van der Waals surface area contributed by atoms with Crippen LogP contribution in [0.4, 0.5) is 2.86 Å². The second kappa shape index (κ2) is 6.21. The molecule has 0 aromatic rings.